The Morgan fingerprint density at radius 3 is 2.33 bits per heavy atom. The van der Waals surface area contributed by atoms with E-state index in [1.807, 2.05) is 0 Å². The lowest BCUT2D eigenvalue weighted by Crippen LogP contribution is -2.41. The van der Waals surface area contributed by atoms with Crippen LogP contribution in [0.15, 0.2) is 53.3 Å². The summed E-state index contributed by atoms with van der Waals surface area (Å²) in [6.07, 6.45) is -1.67. The second kappa shape index (κ2) is 11.5. The van der Waals surface area contributed by atoms with Crippen LogP contribution < -0.4 is 10.9 Å². The van der Waals surface area contributed by atoms with Gasteiger partial charge in [0.15, 0.2) is 15.6 Å². The Morgan fingerprint density at radius 2 is 1.74 bits per heavy atom. The molecule has 0 bridgehead atoms. The van der Waals surface area contributed by atoms with Gasteiger partial charge in [-0.3, -0.25) is 9.59 Å². The number of alkyl carbamates (subject to hydrolysis) is 1. The fourth-order valence-electron chi connectivity index (χ4n) is 3.82. The molecule has 39 heavy (non-hydrogen) atoms. The maximum Gasteiger partial charge on any atom is 0.408 e. The second-order valence-electron chi connectivity index (χ2n) is 10.2. The zero-order chi connectivity index (χ0) is 29.1. The number of carbonyl (C=O) groups is 2. The summed E-state index contributed by atoms with van der Waals surface area (Å²) in [5.74, 6) is -1.32. The molecular formula is C28H32FN3O6S. The summed E-state index contributed by atoms with van der Waals surface area (Å²) in [6, 6.07) is 10.8. The molecule has 0 saturated carbocycles. The van der Waals surface area contributed by atoms with Gasteiger partial charge in [-0.2, -0.15) is 5.10 Å². The van der Waals surface area contributed by atoms with Gasteiger partial charge < -0.3 is 10.1 Å². The van der Waals surface area contributed by atoms with Crippen LogP contribution in [-0.2, 0) is 27.4 Å². The molecule has 0 spiro atoms. The van der Waals surface area contributed by atoms with Gasteiger partial charge in [0.1, 0.15) is 11.9 Å². The molecule has 1 unspecified atom stereocenters. The first-order valence-electron chi connectivity index (χ1n) is 12.3. The molecule has 0 aliphatic rings. The van der Waals surface area contributed by atoms with Crippen LogP contribution in [0.25, 0.3) is 11.3 Å². The van der Waals surface area contributed by atoms with Gasteiger partial charge in [-0.05, 0) is 63.6 Å². The number of hydrogen-bond donors (Lipinski definition) is 1. The predicted octanol–water partition coefficient (Wildman–Crippen LogP) is 4.34. The third kappa shape index (κ3) is 7.60. The third-order valence-electron chi connectivity index (χ3n) is 5.84. The number of nitrogens with one attached hydrogen (secondary N) is 1. The van der Waals surface area contributed by atoms with Crippen LogP contribution in [-0.4, -0.2) is 41.4 Å². The molecule has 0 radical (unpaired) electrons. The Hall–Kier alpha value is -3.86. The minimum absolute atomic E-state index is 0.0737. The van der Waals surface area contributed by atoms with Gasteiger partial charge in [0.2, 0.25) is 0 Å². The van der Waals surface area contributed by atoms with E-state index in [0.717, 1.165) is 16.8 Å². The van der Waals surface area contributed by atoms with E-state index < -0.39 is 44.7 Å². The summed E-state index contributed by atoms with van der Waals surface area (Å²) in [7, 11) is -1.99. The summed E-state index contributed by atoms with van der Waals surface area (Å²) < 4.78 is 44.9. The number of hydrogen-bond acceptors (Lipinski definition) is 7. The topological polar surface area (TPSA) is 124 Å². The standard InChI is InChI=1S/C28H32FN3O6S/c1-7-39(36,37)16-18-8-13-21(26(34)19-9-11-20(29)12-10-19)23(14-18)25-22(15-24(33)32(6)31-25)17(2)38-27(35)30-28(3,4)5/h8-15,17H,7,16H2,1-6H3,(H,30,35). The molecule has 2 aromatic carbocycles. The predicted molar refractivity (Wildman–Crippen MR) is 146 cm³/mol. The van der Waals surface area contributed by atoms with E-state index >= 15 is 0 Å². The summed E-state index contributed by atoms with van der Waals surface area (Å²) >= 11 is 0. The number of aromatic nitrogens is 2. The van der Waals surface area contributed by atoms with Crippen molar-refractivity contribution < 1.29 is 27.1 Å². The molecule has 3 rings (SSSR count). The van der Waals surface area contributed by atoms with Crippen molar-refractivity contribution in [2.75, 3.05) is 5.75 Å². The second-order valence-corrected chi connectivity index (χ2v) is 12.6. The van der Waals surface area contributed by atoms with Crippen molar-refractivity contribution in [3.63, 3.8) is 0 Å². The summed E-state index contributed by atoms with van der Waals surface area (Å²) in [5.41, 5.74) is 0.341. The normalized spacial score (nSPS) is 12.6. The van der Waals surface area contributed by atoms with Crippen LogP contribution in [0.3, 0.4) is 0 Å². The Bertz CT molecular complexity index is 1560. The van der Waals surface area contributed by atoms with Crippen molar-refractivity contribution in [1.29, 1.82) is 0 Å². The molecule has 0 fully saturated rings. The summed E-state index contributed by atoms with van der Waals surface area (Å²) in [4.78, 5) is 38.6. The molecule has 1 heterocycles. The first-order valence-corrected chi connectivity index (χ1v) is 14.1. The van der Waals surface area contributed by atoms with Crippen molar-refractivity contribution in [2.24, 2.45) is 7.05 Å². The largest absolute Gasteiger partial charge is 0.442 e. The highest BCUT2D eigenvalue weighted by Gasteiger charge is 2.25. The number of ether oxygens (including phenoxy) is 1. The van der Waals surface area contributed by atoms with Crippen molar-refractivity contribution >= 4 is 21.7 Å². The Kier molecular flexibility index (Phi) is 8.74. The van der Waals surface area contributed by atoms with Crippen molar-refractivity contribution in [3.8, 4) is 11.3 Å². The first-order chi connectivity index (χ1) is 18.1. The fraction of sp³-hybridized carbons (Fsp3) is 0.357. The van der Waals surface area contributed by atoms with Crippen LogP contribution in [0, 0.1) is 5.82 Å². The molecular weight excluding hydrogens is 525 g/mol. The minimum atomic E-state index is -3.42. The van der Waals surface area contributed by atoms with Gasteiger partial charge in [-0.15, -0.1) is 0 Å². The minimum Gasteiger partial charge on any atom is -0.442 e. The number of nitrogens with zero attached hydrogens (tertiary/aromatic N) is 2. The van der Waals surface area contributed by atoms with E-state index in [-0.39, 0.29) is 39.5 Å². The lowest BCUT2D eigenvalue weighted by atomic mass is 9.92. The molecule has 1 N–H and O–H groups in total. The van der Waals surface area contributed by atoms with Crippen molar-refractivity contribution in [3.05, 3.63) is 87.0 Å². The van der Waals surface area contributed by atoms with E-state index in [1.165, 1.54) is 50.4 Å². The quantitative estimate of drug-likeness (QED) is 0.409. The fourth-order valence-corrected chi connectivity index (χ4v) is 4.71. The number of benzene rings is 2. The van der Waals surface area contributed by atoms with Crippen LogP contribution in [0.5, 0.6) is 0 Å². The lowest BCUT2D eigenvalue weighted by molar-refractivity contribution is 0.0995. The van der Waals surface area contributed by atoms with E-state index in [4.69, 9.17) is 4.74 Å². The van der Waals surface area contributed by atoms with E-state index in [1.54, 1.807) is 27.7 Å². The molecule has 9 nitrogen and oxygen atoms in total. The maximum absolute atomic E-state index is 13.5. The summed E-state index contributed by atoms with van der Waals surface area (Å²) in [5, 5.41) is 7.07. The Balaban J connectivity index is 2.22. The Labute approximate surface area is 226 Å². The SMILES string of the molecule is CCS(=O)(=O)Cc1ccc(C(=O)c2ccc(F)cc2)c(-c2nn(C)c(=O)cc2C(C)OC(=O)NC(C)(C)C)c1. The first kappa shape index (κ1) is 29.7. The number of halogens is 1. The molecule has 11 heteroatoms. The molecule has 0 aliphatic heterocycles. The summed E-state index contributed by atoms with van der Waals surface area (Å²) in [6.45, 7) is 8.46. The highest BCUT2D eigenvalue weighted by atomic mass is 32.2. The molecule has 1 amide bonds. The number of rotatable bonds is 8. The third-order valence-corrected chi connectivity index (χ3v) is 7.49. The highest BCUT2D eigenvalue weighted by molar-refractivity contribution is 7.90. The van der Waals surface area contributed by atoms with E-state index in [0.29, 0.717) is 5.56 Å². The van der Waals surface area contributed by atoms with Crippen LogP contribution in [0.1, 0.15) is 67.8 Å². The van der Waals surface area contributed by atoms with Gasteiger partial charge in [0.25, 0.3) is 5.56 Å². The molecule has 208 valence electrons. The number of sulfone groups is 1. The number of amides is 1. The van der Waals surface area contributed by atoms with Gasteiger partial charge in [0, 0.05) is 46.7 Å². The molecule has 1 aromatic heterocycles. The average molecular weight is 558 g/mol. The van der Waals surface area contributed by atoms with Gasteiger partial charge in [0.05, 0.1) is 11.4 Å². The van der Waals surface area contributed by atoms with Crippen molar-refractivity contribution in [2.45, 2.75) is 52.0 Å². The number of ketones is 1. The number of carbonyl (C=O) groups excluding carboxylic acids is 2. The monoisotopic (exact) mass is 557 g/mol. The smallest absolute Gasteiger partial charge is 0.408 e. The maximum atomic E-state index is 13.5. The van der Waals surface area contributed by atoms with Crippen LogP contribution >= 0.6 is 0 Å². The lowest BCUT2D eigenvalue weighted by Gasteiger charge is -2.23. The van der Waals surface area contributed by atoms with Gasteiger partial charge in [-0.1, -0.05) is 19.1 Å². The molecule has 0 aliphatic carbocycles. The number of aryl methyl sites for hydroxylation is 1. The molecule has 1 atom stereocenters. The van der Waals surface area contributed by atoms with Crippen LogP contribution in [0.2, 0.25) is 0 Å². The molecule has 0 saturated heterocycles. The van der Waals surface area contributed by atoms with Crippen molar-refractivity contribution in [1.82, 2.24) is 15.1 Å². The average Bonchev–Trinajstić information content (AvgIpc) is 2.84. The zero-order valence-electron chi connectivity index (χ0n) is 22.7. The molecule has 3 aromatic rings. The van der Waals surface area contributed by atoms with E-state index in [9.17, 15) is 27.2 Å². The van der Waals surface area contributed by atoms with Crippen LogP contribution in [0.4, 0.5) is 9.18 Å². The zero-order valence-corrected chi connectivity index (χ0v) is 23.6. The van der Waals surface area contributed by atoms with Gasteiger partial charge in [-0.25, -0.2) is 22.3 Å². The Morgan fingerprint density at radius 1 is 1.10 bits per heavy atom. The highest BCUT2D eigenvalue weighted by Crippen LogP contribution is 2.32. The van der Waals surface area contributed by atoms with E-state index in [2.05, 4.69) is 10.4 Å². The van der Waals surface area contributed by atoms with Gasteiger partial charge >= 0.3 is 6.09 Å².